The van der Waals surface area contributed by atoms with Crippen molar-refractivity contribution in [1.29, 1.82) is 0 Å². The Kier molecular flexibility index (Phi) is 13.7. The molecule has 2 aliphatic heterocycles. The van der Waals surface area contributed by atoms with E-state index in [1.165, 1.54) is 58.7 Å². The smallest absolute Gasteiger partial charge is 0.407 e. The van der Waals surface area contributed by atoms with Gasteiger partial charge in [0.15, 0.2) is 0 Å². The van der Waals surface area contributed by atoms with Crippen molar-refractivity contribution in [2.45, 2.75) is 157 Å². The molecule has 4 aliphatic rings. The zero-order valence-corrected chi connectivity index (χ0v) is 46.1. The van der Waals surface area contributed by atoms with Crippen molar-refractivity contribution in [3.05, 3.63) is 94.8 Å². The van der Waals surface area contributed by atoms with Crippen molar-refractivity contribution in [2.24, 2.45) is 22.7 Å². The Morgan fingerprint density at radius 3 is 1.23 bits per heavy atom. The number of alkyl carbamates (subject to hydrolysis) is 2. The maximum absolute atomic E-state index is 14.1. The van der Waals surface area contributed by atoms with Crippen LogP contribution >= 0.6 is 0 Å². The fraction of sp³-hybridized carbons (Fsp3) is 0.533. The number of aromatic amines is 2. The van der Waals surface area contributed by atoms with E-state index >= 15 is 0 Å². The molecule has 2 aromatic heterocycles. The second-order valence-corrected chi connectivity index (χ2v) is 25.2. The quantitative estimate of drug-likeness (QED) is 0.0955. The van der Waals surface area contributed by atoms with Crippen molar-refractivity contribution in [1.82, 2.24) is 40.4 Å². The molecule has 0 saturated carbocycles. The highest BCUT2D eigenvalue weighted by Crippen LogP contribution is 2.57. The molecule has 4 amide bonds. The van der Waals surface area contributed by atoms with E-state index in [4.69, 9.17) is 19.4 Å². The van der Waals surface area contributed by atoms with Gasteiger partial charge in [0, 0.05) is 13.1 Å². The summed E-state index contributed by atoms with van der Waals surface area (Å²) in [7, 11) is 2.62. The molecule has 3 aromatic carbocycles. The first-order valence-electron chi connectivity index (χ1n) is 26.7. The third kappa shape index (κ3) is 9.73. The summed E-state index contributed by atoms with van der Waals surface area (Å²) in [5, 5.41) is 5.54. The Morgan fingerprint density at radius 1 is 0.568 bits per heavy atom. The summed E-state index contributed by atoms with van der Waals surface area (Å²) >= 11 is 0. The Bertz CT molecular complexity index is 2760. The third-order valence-corrected chi connectivity index (χ3v) is 16.6. The average molecular weight is 1010 g/mol. The molecule has 0 radical (unpaired) electrons. The van der Waals surface area contributed by atoms with Crippen LogP contribution in [0.15, 0.2) is 60.9 Å². The SMILES string of the molecule is COC(=O)NC(C(=O)N1CC(C)(C)C[C@H]1c1ncc(-c2ccc(-c3c4c(c(-c5ccc(-c6cnc([C@@H]7CC(C)(C)CN7C(=O)C(NC(=O)OC)C(C)C)[nH]6)cc5)c5c3C(C)(C)CC5)C(C)(C)CC4)cc2)[nH]1)C(C)C. The van der Waals surface area contributed by atoms with E-state index in [1.54, 1.807) is 0 Å². The summed E-state index contributed by atoms with van der Waals surface area (Å²) < 4.78 is 9.74. The molecule has 2 fully saturated rings. The van der Waals surface area contributed by atoms with Crippen molar-refractivity contribution < 1.29 is 28.7 Å². The van der Waals surface area contributed by atoms with Crippen LogP contribution in [0.25, 0.3) is 44.8 Å². The number of carbonyl (C=O) groups excluding carboxylic acids is 4. The summed E-state index contributed by atoms with van der Waals surface area (Å²) in [6.07, 6.45) is 8.13. The highest BCUT2D eigenvalue weighted by Gasteiger charge is 2.47. The molecule has 74 heavy (non-hydrogen) atoms. The predicted molar refractivity (Wildman–Crippen MR) is 289 cm³/mol. The second-order valence-electron chi connectivity index (χ2n) is 25.2. The molecular weight excluding hydrogens is 929 g/mol. The molecule has 394 valence electrons. The van der Waals surface area contributed by atoms with E-state index in [0.717, 1.165) is 72.7 Å². The Morgan fingerprint density at radius 2 is 0.905 bits per heavy atom. The van der Waals surface area contributed by atoms with Gasteiger partial charge >= 0.3 is 12.2 Å². The van der Waals surface area contributed by atoms with E-state index < -0.39 is 24.3 Å². The number of benzene rings is 3. The van der Waals surface area contributed by atoms with Crippen LogP contribution in [-0.4, -0.2) is 93.1 Å². The first-order chi connectivity index (χ1) is 34.8. The highest BCUT2D eigenvalue weighted by atomic mass is 16.5. The molecular formula is C60H78N8O6. The van der Waals surface area contributed by atoms with Crippen LogP contribution in [0.1, 0.15) is 155 Å². The van der Waals surface area contributed by atoms with E-state index in [2.05, 4.69) is 125 Å². The maximum Gasteiger partial charge on any atom is 0.407 e. The second kappa shape index (κ2) is 19.4. The third-order valence-electron chi connectivity index (χ3n) is 16.6. The van der Waals surface area contributed by atoms with Gasteiger partial charge in [0.2, 0.25) is 11.8 Å². The number of nitrogens with one attached hydrogen (secondary N) is 4. The normalized spacial score (nSPS) is 20.9. The molecule has 0 spiro atoms. The number of amides is 4. The summed E-state index contributed by atoms with van der Waals surface area (Å²) in [5.41, 5.74) is 14.5. The molecule has 2 aliphatic carbocycles. The number of hydrogen-bond acceptors (Lipinski definition) is 8. The zero-order chi connectivity index (χ0) is 53.4. The molecule has 9 rings (SSSR count). The lowest BCUT2D eigenvalue weighted by atomic mass is 9.73. The number of carbonyl (C=O) groups is 4. The Hall–Kier alpha value is -6.44. The molecule has 0 bridgehead atoms. The van der Waals surface area contributed by atoms with Gasteiger partial charge in [-0.3, -0.25) is 9.59 Å². The fourth-order valence-corrected chi connectivity index (χ4v) is 12.8. The number of hydrogen-bond donors (Lipinski definition) is 4. The lowest BCUT2D eigenvalue weighted by molar-refractivity contribution is -0.136. The van der Waals surface area contributed by atoms with Crippen LogP contribution in [-0.2, 0) is 42.7 Å². The summed E-state index contributed by atoms with van der Waals surface area (Å²) in [4.78, 5) is 73.4. The number of likely N-dealkylation sites (tertiary alicyclic amines) is 2. The van der Waals surface area contributed by atoms with Crippen LogP contribution in [0.5, 0.6) is 0 Å². The Labute approximate surface area is 437 Å². The molecule has 5 aromatic rings. The van der Waals surface area contributed by atoms with Gasteiger partial charge in [0.05, 0.1) is 50.1 Å². The molecule has 4 N–H and O–H groups in total. The lowest BCUT2D eigenvalue weighted by Gasteiger charge is -2.30. The van der Waals surface area contributed by atoms with Gasteiger partial charge in [-0.1, -0.05) is 132 Å². The fourth-order valence-electron chi connectivity index (χ4n) is 12.8. The van der Waals surface area contributed by atoms with Crippen LogP contribution in [0.2, 0.25) is 0 Å². The van der Waals surface area contributed by atoms with E-state index in [9.17, 15) is 19.2 Å². The van der Waals surface area contributed by atoms with Crippen molar-refractivity contribution >= 4 is 24.0 Å². The molecule has 4 heterocycles. The topological polar surface area (TPSA) is 175 Å². The van der Waals surface area contributed by atoms with Crippen LogP contribution in [0.3, 0.4) is 0 Å². The Balaban J connectivity index is 1.01. The number of imidazole rings is 2. The monoisotopic (exact) mass is 1010 g/mol. The molecule has 14 nitrogen and oxygen atoms in total. The molecule has 14 heteroatoms. The van der Waals surface area contributed by atoms with Gasteiger partial charge in [-0.05, 0) is 128 Å². The van der Waals surface area contributed by atoms with Crippen molar-refractivity contribution in [3.8, 4) is 44.8 Å². The number of nitrogens with zero attached hydrogens (tertiary/aromatic N) is 4. The van der Waals surface area contributed by atoms with E-state index in [-0.39, 0.29) is 57.4 Å². The predicted octanol–water partition coefficient (Wildman–Crippen LogP) is 11.6. The minimum absolute atomic E-state index is 0.0294. The number of H-pyrrole nitrogens is 2. The van der Waals surface area contributed by atoms with E-state index in [0.29, 0.717) is 13.1 Å². The first kappa shape index (κ1) is 52.4. The van der Waals surface area contributed by atoms with Crippen molar-refractivity contribution in [3.63, 3.8) is 0 Å². The van der Waals surface area contributed by atoms with Gasteiger partial charge in [0.1, 0.15) is 23.7 Å². The van der Waals surface area contributed by atoms with Crippen LogP contribution in [0, 0.1) is 22.7 Å². The molecule has 2 saturated heterocycles. The van der Waals surface area contributed by atoms with Gasteiger partial charge in [-0.25, -0.2) is 19.6 Å². The van der Waals surface area contributed by atoms with Crippen LogP contribution in [0.4, 0.5) is 9.59 Å². The lowest BCUT2D eigenvalue weighted by Crippen LogP contribution is -2.51. The number of aromatic nitrogens is 4. The zero-order valence-electron chi connectivity index (χ0n) is 46.1. The average Bonchev–Trinajstić information content (AvgIpc) is 4.23. The largest absolute Gasteiger partial charge is 0.453 e. The van der Waals surface area contributed by atoms with E-state index in [1.807, 2.05) is 49.9 Å². The summed E-state index contributed by atoms with van der Waals surface area (Å²) in [6.45, 7) is 27.1. The molecule has 4 atom stereocenters. The number of ether oxygens (including phenoxy) is 2. The standard InChI is InChI=1S/C60H78N8O6/c1-33(2)49(65-55(71)73-13)53(69)67-31-57(5,6)27-43(67)51-61-29-41(63-51)35-15-19-37(20-16-35)45-39-23-25-60(11,12)48(39)46(40-24-26-59(9,10)47(40)45)38-21-17-36(18-22-38)42-30-62-52(64-42)44-28-58(7,8)32-68(44)54(70)50(34(3)4)66-56(72)74-14/h15-22,29-30,33-34,43-44,49-50H,23-28,31-32H2,1-14H3,(H,61,63)(H,62,64)(H,65,71)(H,66,72)/t43-,44-,49?,50?/m0/s1. The maximum atomic E-state index is 14.1. The van der Waals surface area contributed by atoms with Crippen LogP contribution < -0.4 is 10.6 Å². The molecule has 2 unspecified atom stereocenters. The van der Waals surface area contributed by atoms with Gasteiger partial charge < -0.3 is 39.9 Å². The number of fused-ring (bicyclic) bond motifs is 2. The minimum atomic E-state index is -0.719. The number of rotatable bonds is 12. The van der Waals surface area contributed by atoms with Gasteiger partial charge in [0.25, 0.3) is 0 Å². The number of methoxy groups -OCH3 is 2. The highest BCUT2D eigenvalue weighted by molar-refractivity contribution is 5.89. The summed E-state index contributed by atoms with van der Waals surface area (Å²) in [6, 6.07) is 15.9. The first-order valence-corrected chi connectivity index (χ1v) is 26.7. The van der Waals surface area contributed by atoms with Gasteiger partial charge in [-0.15, -0.1) is 0 Å². The summed E-state index contributed by atoms with van der Waals surface area (Å²) in [5.74, 6) is 0.944. The van der Waals surface area contributed by atoms with Crippen molar-refractivity contribution in [2.75, 3.05) is 27.3 Å². The minimum Gasteiger partial charge on any atom is -0.453 e. The van der Waals surface area contributed by atoms with Gasteiger partial charge in [-0.2, -0.15) is 0 Å².